The number of piperazine rings is 1. The normalized spacial score (nSPS) is 15.4. The molecule has 3 aromatic rings. The zero-order valence-electron chi connectivity index (χ0n) is 18.6. The Kier molecular flexibility index (Phi) is 6.99. The largest absolute Gasteiger partial charge is 0.434 e. The maximum atomic E-state index is 14.1. The van der Waals surface area contributed by atoms with E-state index in [0.717, 1.165) is 57.1 Å². The first-order valence-corrected chi connectivity index (χ1v) is 11.0. The van der Waals surface area contributed by atoms with Crippen molar-refractivity contribution in [2.24, 2.45) is 0 Å². The van der Waals surface area contributed by atoms with Crippen molar-refractivity contribution in [3.63, 3.8) is 0 Å². The zero-order valence-corrected chi connectivity index (χ0v) is 18.6. The molecule has 1 amide bonds. The Morgan fingerprint density at radius 1 is 1.00 bits per heavy atom. The van der Waals surface area contributed by atoms with E-state index in [1.807, 2.05) is 12.1 Å². The lowest BCUT2D eigenvalue weighted by Gasteiger charge is -2.34. The highest BCUT2D eigenvalue weighted by molar-refractivity contribution is 6.05. The fourth-order valence-corrected chi connectivity index (χ4v) is 4.01. The van der Waals surface area contributed by atoms with Crippen LogP contribution in [0, 0.1) is 5.82 Å². The quantitative estimate of drug-likeness (QED) is 0.537. The fourth-order valence-electron chi connectivity index (χ4n) is 4.01. The number of amides is 1. The van der Waals surface area contributed by atoms with Gasteiger partial charge >= 0.3 is 6.18 Å². The van der Waals surface area contributed by atoms with Crippen LogP contribution in [0.15, 0.2) is 54.7 Å². The van der Waals surface area contributed by atoms with E-state index in [4.69, 9.17) is 0 Å². The van der Waals surface area contributed by atoms with E-state index in [1.54, 1.807) is 12.1 Å². The average molecular weight is 475 g/mol. The van der Waals surface area contributed by atoms with Gasteiger partial charge in [0.15, 0.2) is 5.69 Å². The zero-order chi connectivity index (χ0) is 24.3. The van der Waals surface area contributed by atoms with E-state index in [9.17, 15) is 22.4 Å². The summed E-state index contributed by atoms with van der Waals surface area (Å²) >= 11 is 0. The molecule has 0 bridgehead atoms. The van der Waals surface area contributed by atoms with Crippen LogP contribution in [0.4, 0.5) is 23.2 Å². The summed E-state index contributed by atoms with van der Waals surface area (Å²) in [6, 6.07) is 11.9. The van der Waals surface area contributed by atoms with Crippen LogP contribution in [-0.4, -0.2) is 58.2 Å². The Hall–Kier alpha value is -3.24. The molecule has 1 aliphatic rings. The van der Waals surface area contributed by atoms with Crippen molar-refractivity contribution in [2.75, 3.05) is 38.0 Å². The molecule has 0 spiro atoms. The lowest BCUT2D eigenvalue weighted by molar-refractivity contribution is -0.143. The van der Waals surface area contributed by atoms with Gasteiger partial charge < -0.3 is 10.2 Å². The van der Waals surface area contributed by atoms with Gasteiger partial charge in [-0.15, -0.1) is 0 Å². The molecular formula is C24H25F4N5O. The number of likely N-dealkylation sites (N-methyl/N-ethyl adjacent to an activating group) is 1. The Balaban J connectivity index is 1.48. The van der Waals surface area contributed by atoms with Gasteiger partial charge in [-0.25, -0.2) is 9.07 Å². The third kappa shape index (κ3) is 5.28. The number of halogens is 4. The molecule has 34 heavy (non-hydrogen) atoms. The van der Waals surface area contributed by atoms with Gasteiger partial charge in [-0.05, 0) is 36.4 Å². The number of hydrogen-bond donors (Lipinski definition) is 1. The maximum Gasteiger partial charge on any atom is 0.434 e. The number of nitrogens with one attached hydrogen (secondary N) is 1. The molecule has 0 atom stereocenters. The summed E-state index contributed by atoms with van der Waals surface area (Å²) in [5.41, 5.74) is -1.01. The predicted octanol–water partition coefficient (Wildman–Crippen LogP) is 4.42. The van der Waals surface area contributed by atoms with Gasteiger partial charge in [0.25, 0.3) is 5.91 Å². The number of hydrogen-bond acceptors (Lipinski definition) is 4. The highest BCUT2D eigenvalue weighted by Gasteiger charge is 2.41. The third-order valence-corrected chi connectivity index (χ3v) is 5.89. The first-order valence-electron chi connectivity index (χ1n) is 11.0. The number of carbonyl (C=O) groups excluding carboxylic acids is 1. The van der Waals surface area contributed by atoms with Crippen LogP contribution in [0.25, 0.3) is 5.69 Å². The topological polar surface area (TPSA) is 53.4 Å². The van der Waals surface area contributed by atoms with E-state index < -0.39 is 34.8 Å². The van der Waals surface area contributed by atoms with Crippen molar-refractivity contribution in [1.29, 1.82) is 0 Å². The molecule has 0 aliphatic carbocycles. The van der Waals surface area contributed by atoms with Crippen LogP contribution < -0.4 is 5.32 Å². The minimum Gasteiger partial charge on any atom is -0.322 e. The van der Waals surface area contributed by atoms with E-state index in [0.29, 0.717) is 10.4 Å². The number of rotatable bonds is 6. The number of anilines is 1. The molecular weight excluding hydrogens is 450 g/mol. The van der Waals surface area contributed by atoms with Crippen LogP contribution in [0.2, 0.25) is 0 Å². The molecule has 1 saturated heterocycles. The molecule has 2 heterocycles. The number of aromatic nitrogens is 2. The van der Waals surface area contributed by atoms with E-state index in [2.05, 4.69) is 27.1 Å². The van der Waals surface area contributed by atoms with Crippen LogP contribution in [0.1, 0.15) is 28.5 Å². The Labute approximate surface area is 194 Å². The van der Waals surface area contributed by atoms with Gasteiger partial charge in [0.1, 0.15) is 11.5 Å². The van der Waals surface area contributed by atoms with Crippen molar-refractivity contribution >= 4 is 11.6 Å². The van der Waals surface area contributed by atoms with Crippen molar-refractivity contribution < 1.29 is 22.4 Å². The molecule has 0 unspecified atom stereocenters. The predicted molar refractivity (Wildman–Crippen MR) is 120 cm³/mol. The standard InChI is InChI=1S/C24H25F4N5O/c1-2-31-11-13-32(14-12-31)16-17-7-9-18(10-8-17)30-23(34)19-15-29-33(22(19)24(26,27)28)21-6-4-3-5-20(21)25/h3-10,15H,2,11-14,16H2,1H3,(H,30,34). The summed E-state index contributed by atoms with van der Waals surface area (Å²) in [5, 5.41) is 6.14. The maximum absolute atomic E-state index is 14.1. The van der Waals surface area contributed by atoms with Crippen molar-refractivity contribution in [2.45, 2.75) is 19.6 Å². The molecule has 4 rings (SSSR count). The Morgan fingerprint density at radius 3 is 2.26 bits per heavy atom. The molecule has 1 fully saturated rings. The number of carbonyl (C=O) groups is 1. The first kappa shape index (κ1) is 23.9. The minimum absolute atomic E-state index is 0.358. The second-order valence-electron chi connectivity index (χ2n) is 8.13. The second kappa shape index (κ2) is 9.94. The van der Waals surface area contributed by atoms with Crippen molar-refractivity contribution in [3.8, 4) is 5.69 Å². The minimum atomic E-state index is -4.92. The monoisotopic (exact) mass is 475 g/mol. The molecule has 2 aromatic carbocycles. The lowest BCUT2D eigenvalue weighted by Crippen LogP contribution is -2.45. The number of alkyl halides is 3. The molecule has 0 radical (unpaired) electrons. The van der Waals surface area contributed by atoms with E-state index in [-0.39, 0.29) is 0 Å². The molecule has 1 aliphatic heterocycles. The second-order valence-corrected chi connectivity index (χ2v) is 8.13. The molecule has 180 valence electrons. The summed E-state index contributed by atoms with van der Waals surface area (Å²) in [4.78, 5) is 17.4. The highest BCUT2D eigenvalue weighted by atomic mass is 19.4. The summed E-state index contributed by atoms with van der Waals surface area (Å²) in [5.74, 6) is -1.85. The summed E-state index contributed by atoms with van der Waals surface area (Å²) in [6.45, 7) is 7.93. The van der Waals surface area contributed by atoms with Crippen LogP contribution in [0.5, 0.6) is 0 Å². The molecule has 10 heteroatoms. The molecule has 0 saturated carbocycles. The smallest absolute Gasteiger partial charge is 0.322 e. The number of benzene rings is 2. The lowest BCUT2D eigenvalue weighted by atomic mass is 10.1. The van der Waals surface area contributed by atoms with Gasteiger partial charge in [0, 0.05) is 38.4 Å². The number of nitrogens with zero attached hydrogens (tertiary/aromatic N) is 4. The average Bonchev–Trinajstić information content (AvgIpc) is 3.27. The van der Waals surface area contributed by atoms with Crippen LogP contribution in [-0.2, 0) is 12.7 Å². The van der Waals surface area contributed by atoms with E-state index >= 15 is 0 Å². The van der Waals surface area contributed by atoms with Gasteiger partial charge in [0.05, 0.1) is 11.8 Å². The number of para-hydroxylation sites is 1. The van der Waals surface area contributed by atoms with Crippen molar-refractivity contribution in [1.82, 2.24) is 19.6 Å². The third-order valence-electron chi connectivity index (χ3n) is 5.89. The highest BCUT2D eigenvalue weighted by Crippen LogP contribution is 2.34. The fraction of sp³-hybridized carbons (Fsp3) is 0.333. The van der Waals surface area contributed by atoms with Crippen molar-refractivity contribution in [3.05, 3.63) is 77.4 Å². The SMILES string of the molecule is CCN1CCN(Cc2ccc(NC(=O)c3cnn(-c4ccccc4F)c3C(F)(F)F)cc2)CC1. The van der Waals surface area contributed by atoms with Gasteiger partial charge in [0.2, 0.25) is 0 Å². The Bertz CT molecular complexity index is 1140. The molecule has 1 aromatic heterocycles. The molecule has 6 nitrogen and oxygen atoms in total. The Morgan fingerprint density at radius 2 is 1.65 bits per heavy atom. The van der Waals surface area contributed by atoms with Gasteiger partial charge in [-0.3, -0.25) is 9.69 Å². The van der Waals surface area contributed by atoms with Crippen LogP contribution in [0.3, 0.4) is 0 Å². The molecule has 1 N–H and O–H groups in total. The van der Waals surface area contributed by atoms with Gasteiger partial charge in [-0.1, -0.05) is 31.2 Å². The van der Waals surface area contributed by atoms with E-state index in [1.165, 1.54) is 18.2 Å². The van der Waals surface area contributed by atoms with Gasteiger partial charge in [-0.2, -0.15) is 18.3 Å². The summed E-state index contributed by atoms with van der Waals surface area (Å²) in [6.07, 6.45) is -4.12. The summed E-state index contributed by atoms with van der Waals surface area (Å²) < 4.78 is 55.9. The first-order chi connectivity index (χ1) is 16.3. The summed E-state index contributed by atoms with van der Waals surface area (Å²) in [7, 11) is 0. The van der Waals surface area contributed by atoms with Crippen LogP contribution >= 0.6 is 0 Å².